The molecule has 2 amide bonds. The van der Waals surface area contributed by atoms with E-state index >= 15 is 0 Å². The lowest BCUT2D eigenvalue weighted by atomic mass is 10.1. The molecule has 5 rings (SSSR count). The molecule has 0 aliphatic carbocycles. The van der Waals surface area contributed by atoms with Crippen molar-refractivity contribution in [3.05, 3.63) is 64.8 Å². The van der Waals surface area contributed by atoms with Gasteiger partial charge in [-0.15, -0.1) is 0 Å². The van der Waals surface area contributed by atoms with Gasteiger partial charge in [0.1, 0.15) is 11.5 Å². The van der Waals surface area contributed by atoms with E-state index in [1.54, 1.807) is 30.2 Å². The molecule has 0 atom stereocenters. The third kappa shape index (κ3) is 4.87. The number of methoxy groups -OCH3 is 1. The molecule has 34 heavy (non-hydrogen) atoms. The Kier molecular flexibility index (Phi) is 6.40. The lowest BCUT2D eigenvalue weighted by molar-refractivity contribution is 0.205. The van der Waals surface area contributed by atoms with Gasteiger partial charge in [0.2, 0.25) is 11.8 Å². The normalized spacial score (nSPS) is 15.1. The summed E-state index contributed by atoms with van der Waals surface area (Å²) in [6.45, 7) is 2.79. The number of anilines is 2. The van der Waals surface area contributed by atoms with Crippen molar-refractivity contribution in [2.24, 2.45) is 0 Å². The highest BCUT2D eigenvalue weighted by atomic mass is 35.5. The second-order valence-corrected chi connectivity index (χ2v) is 8.77. The summed E-state index contributed by atoms with van der Waals surface area (Å²) in [6, 6.07) is 14.3. The molecule has 8 nitrogen and oxygen atoms in total. The summed E-state index contributed by atoms with van der Waals surface area (Å²) in [4.78, 5) is 26.5. The summed E-state index contributed by atoms with van der Waals surface area (Å²) in [6.07, 6.45) is 2.89. The van der Waals surface area contributed by atoms with Gasteiger partial charge in [-0.25, -0.2) is 9.78 Å². The average Bonchev–Trinajstić information content (AvgIpc) is 3.39. The van der Waals surface area contributed by atoms with Gasteiger partial charge in [-0.1, -0.05) is 17.7 Å². The van der Waals surface area contributed by atoms with Crippen LogP contribution in [0.2, 0.25) is 5.02 Å². The van der Waals surface area contributed by atoms with Gasteiger partial charge in [0.15, 0.2) is 0 Å². The van der Waals surface area contributed by atoms with Crippen LogP contribution in [0.1, 0.15) is 24.1 Å². The molecule has 176 valence electrons. The van der Waals surface area contributed by atoms with Crippen molar-refractivity contribution < 1.29 is 14.3 Å². The Morgan fingerprint density at radius 2 is 1.79 bits per heavy atom. The van der Waals surface area contributed by atoms with Crippen molar-refractivity contribution in [2.75, 3.05) is 37.0 Å². The molecule has 3 aromatic rings. The SMILES string of the molecule is COc1ccc(Oc2nc(N3CCCC3)nc3c2CN(C(=O)Nc2cccc(Cl)c2)CC3)cc1. The molecular formula is C25H26ClN5O3. The van der Waals surface area contributed by atoms with E-state index in [1.165, 1.54) is 0 Å². The number of hydrogen-bond donors (Lipinski definition) is 1. The van der Waals surface area contributed by atoms with Crippen molar-refractivity contribution >= 4 is 29.3 Å². The smallest absolute Gasteiger partial charge is 0.322 e. The lowest BCUT2D eigenvalue weighted by Crippen LogP contribution is -2.39. The van der Waals surface area contributed by atoms with E-state index in [9.17, 15) is 4.79 Å². The topological polar surface area (TPSA) is 79.8 Å². The van der Waals surface area contributed by atoms with Crippen LogP contribution < -0.4 is 19.7 Å². The van der Waals surface area contributed by atoms with E-state index in [2.05, 4.69) is 10.2 Å². The van der Waals surface area contributed by atoms with E-state index in [4.69, 9.17) is 31.0 Å². The van der Waals surface area contributed by atoms with E-state index in [-0.39, 0.29) is 6.03 Å². The summed E-state index contributed by atoms with van der Waals surface area (Å²) in [5, 5.41) is 3.49. The predicted molar refractivity (Wildman–Crippen MR) is 131 cm³/mol. The van der Waals surface area contributed by atoms with Crippen molar-refractivity contribution in [1.82, 2.24) is 14.9 Å². The fourth-order valence-electron chi connectivity index (χ4n) is 4.21. The molecule has 1 fully saturated rings. The van der Waals surface area contributed by atoms with Crippen LogP contribution in [-0.2, 0) is 13.0 Å². The third-order valence-electron chi connectivity index (χ3n) is 6.04. The molecule has 2 aliphatic heterocycles. The summed E-state index contributed by atoms with van der Waals surface area (Å²) in [7, 11) is 1.63. The van der Waals surface area contributed by atoms with Crippen LogP contribution in [-0.4, -0.2) is 47.6 Å². The number of hydrogen-bond acceptors (Lipinski definition) is 6. The van der Waals surface area contributed by atoms with E-state index in [0.717, 1.165) is 42.9 Å². The number of aromatic nitrogens is 2. The van der Waals surface area contributed by atoms with E-state index in [0.29, 0.717) is 47.8 Å². The summed E-state index contributed by atoms with van der Waals surface area (Å²) < 4.78 is 11.5. The molecule has 0 unspecified atom stereocenters. The number of carbonyl (C=O) groups excluding carboxylic acids is 1. The monoisotopic (exact) mass is 479 g/mol. The number of rotatable bonds is 5. The fraction of sp³-hybridized carbons (Fsp3) is 0.320. The van der Waals surface area contributed by atoms with Crippen LogP contribution in [0.5, 0.6) is 17.4 Å². The number of halogens is 1. The van der Waals surface area contributed by atoms with Crippen LogP contribution in [0, 0.1) is 0 Å². The molecule has 0 bridgehead atoms. The van der Waals surface area contributed by atoms with E-state index < -0.39 is 0 Å². The number of fused-ring (bicyclic) bond motifs is 1. The minimum absolute atomic E-state index is 0.202. The van der Waals surface area contributed by atoms with Gasteiger partial charge in [-0.2, -0.15) is 4.98 Å². The maximum atomic E-state index is 13.0. The standard InChI is InChI=1S/C25H26ClN5O3/c1-33-19-7-9-20(10-8-19)34-23-21-16-31(25(32)27-18-6-4-5-17(26)15-18)14-11-22(21)28-24(29-23)30-12-2-3-13-30/h4-10,15H,2-3,11-14,16H2,1H3,(H,27,32). The number of urea groups is 1. The molecule has 9 heteroatoms. The Morgan fingerprint density at radius 1 is 1.03 bits per heavy atom. The van der Waals surface area contributed by atoms with Crippen LogP contribution in [0.4, 0.5) is 16.4 Å². The highest BCUT2D eigenvalue weighted by Gasteiger charge is 2.28. The lowest BCUT2D eigenvalue weighted by Gasteiger charge is -2.30. The van der Waals surface area contributed by atoms with Crippen LogP contribution >= 0.6 is 11.6 Å². The zero-order chi connectivity index (χ0) is 23.5. The predicted octanol–water partition coefficient (Wildman–Crippen LogP) is 5.12. The minimum Gasteiger partial charge on any atom is -0.497 e. The molecule has 2 aromatic carbocycles. The van der Waals surface area contributed by atoms with Crippen LogP contribution in [0.25, 0.3) is 0 Å². The van der Waals surface area contributed by atoms with Gasteiger partial charge in [0.05, 0.1) is 24.9 Å². The fourth-order valence-corrected chi connectivity index (χ4v) is 4.40. The van der Waals surface area contributed by atoms with Crippen LogP contribution in [0.15, 0.2) is 48.5 Å². The maximum Gasteiger partial charge on any atom is 0.322 e. The molecule has 0 radical (unpaired) electrons. The van der Waals surface area contributed by atoms with Gasteiger partial charge in [-0.05, 0) is 55.3 Å². The zero-order valence-corrected chi connectivity index (χ0v) is 19.7. The van der Waals surface area contributed by atoms with Crippen LogP contribution in [0.3, 0.4) is 0 Å². The van der Waals surface area contributed by atoms with Gasteiger partial charge in [0.25, 0.3) is 0 Å². The third-order valence-corrected chi connectivity index (χ3v) is 6.27. The van der Waals surface area contributed by atoms with E-state index in [1.807, 2.05) is 30.3 Å². The number of carbonyl (C=O) groups is 1. The average molecular weight is 480 g/mol. The van der Waals surface area contributed by atoms with Crippen molar-refractivity contribution in [3.8, 4) is 17.4 Å². The quantitative estimate of drug-likeness (QED) is 0.547. The first kappa shape index (κ1) is 22.3. The van der Waals surface area contributed by atoms with Gasteiger partial charge in [-0.3, -0.25) is 0 Å². The molecular weight excluding hydrogens is 454 g/mol. The van der Waals surface area contributed by atoms with Gasteiger partial charge in [0, 0.05) is 36.8 Å². The largest absolute Gasteiger partial charge is 0.497 e. The first-order chi connectivity index (χ1) is 16.6. The second kappa shape index (κ2) is 9.77. The van der Waals surface area contributed by atoms with Gasteiger partial charge >= 0.3 is 6.03 Å². The molecule has 2 aliphatic rings. The second-order valence-electron chi connectivity index (χ2n) is 8.34. The summed E-state index contributed by atoms with van der Waals surface area (Å²) >= 11 is 6.06. The Balaban J connectivity index is 1.42. The molecule has 0 saturated carbocycles. The zero-order valence-electron chi connectivity index (χ0n) is 19.0. The molecule has 1 N–H and O–H groups in total. The first-order valence-corrected chi connectivity index (χ1v) is 11.7. The number of nitrogens with zero attached hydrogens (tertiary/aromatic N) is 4. The Morgan fingerprint density at radius 3 is 2.53 bits per heavy atom. The van der Waals surface area contributed by atoms with Crippen molar-refractivity contribution in [2.45, 2.75) is 25.8 Å². The Labute approximate surface area is 203 Å². The van der Waals surface area contributed by atoms with Crippen molar-refractivity contribution in [1.29, 1.82) is 0 Å². The number of amides is 2. The van der Waals surface area contributed by atoms with Crippen molar-refractivity contribution in [3.63, 3.8) is 0 Å². The molecule has 3 heterocycles. The highest BCUT2D eigenvalue weighted by Crippen LogP contribution is 2.33. The molecule has 1 saturated heterocycles. The number of nitrogens with one attached hydrogen (secondary N) is 1. The summed E-state index contributed by atoms with van der Waals surface area (Å²) in [5.41, 5.74) is 2.40. The summed E-state index contributed by atoms with van der Waals surface area (Å²) in [5.74, 6) is 2.57. The number of ether oxygens (including phenoxy) is 2. The molecule has 1 aromatic heterocycles. The van der Waals surface area contributed by atoms with Gasteiger partial charge < -0.3 is 24.6 Å². The minimum atomic E-state index is -0.202. The Hall–Kier alpha value is -3.52. The highest BCUT2D eigenvalue weighted by molar-refractivity contribution is 6.30. The first-order valence-electron chi connectivity index (χ1n) is 11.4. The number of benzene rings is 2. The molecule has 0 spiro atoms. The Bertz CT molecular complexity index is 1180. The maximum absolute atomic E-state index is 13.0.